The van der Waals surface area contributed by atoms with E-state index >= 15 is 0 Å². The maximum absolute atomic E-state index is 12.9. The summed E-state index contributed by atoms with van der Waals surface area (Å²) < 4.78 is 16.8. The van der Waals surface area contributed by atoms with Crippen LogP contribution in [0.3, 0.4) is 0 Å². The molecule has 0 saturated carbocycles. The number of rotatable bonds is 61. The molecule has 0 aliphatic carbocycles. The van der Waals surface area contributed by atoms with E-state index in [-0.39, 0.29) is 37.5 Å². The molecule has 0 fully saturated rings. The molecule has 0 aromatic heterocycles. The van der Waals surface area contributed by atoms with Gasteiger partial charge >= 0.3 is 17.9 Å². The molecule has 0 amide bonds. The Kier molecular flexibility index (Phi) is 65.3. The van der Waals surface area contributed by atoms with Gasteiger partial charge in [-0.1, -0.05) is 302 Å². The van der Waals surface area contributed by atoms with Crippen LogP contribution in [-0.4, -0.2) is 37.2 Å². The minimum Gasteiger partial charge on any atom is -0.462 e. The molecule has 0 bridgehead atoms. The predicted octanol–water partition coefficient (Wildman–Crippen LogP) is 23.7. The first kappa shape index (κ1) is 77.5. The standard InChI is InChI=1S/C76H126O6/c1-4-7-10-13-16-19-21-23-25-27-29-31-33-35-37-38-40-41-43-45-47-49-51-53-55-57-60-63-66-69-75(78)81-72-73(71-80-74(77)68-65-62-59-18-15-12-9-6-3)82-76(79)70-67-64-61-58-56-54-52-50-48-46-44-42-39-36-34-32-30-28-26-24-22-20-17-14-11-8-5-2/h8,11,17,20-21,23-24,26-27,29-30,32-33,35-36,39,44,46,50,52,56,58,73H,4-7,9-10,12-16,18-19,22,25,28,31,34,37-38,40-43,45,47-49,51,53-55,57,59-72H2,1-3H3/b11-8-,20-17-,23-21-,26-24-,29-27-,32-30-,35-33-,39-36-,46-44-,52-50-,58-56-. The fourth-order valence-electron chi connectivity index (χ4n) is 9.29. The second-order valence-corrected chi connectivity index (χ2v) is 22.4. The lowest BCUT2D eigenvalue weighted by Gasteiger charge is -2.18. The zero-order valence-electron chi connectivity index (χ0n) is 53.5. The van der Waals surface area contributed by atoms with Crippen molar-refractivity contribution >= 4 is 17.9 Å². The molecule has 1 atom stereocenters. The molecule has 0 aromatic rings. The van der Waals surface area contributed by atoms with Crippen molar-refractivity contribution in [1.29, 1.82) is 0 Å². The van der Waals surface area contributed by atoms with Gasteiger partial charge < -0.3 is 14.2 Å². The fraction of sp³-hybridized carbons (Fsp3) is 0.671. The number of carbonyl (C=O) groups is 3. The summed E-state index contributed by atoms with van der Waals surface area (Å²) in [5.41, 5.74) is 0. The summed E-state index contributed by atoms with van der Waals surface area (Å²) >= 11 is 0. The van der Waals surface area contributed by atoms with E-state index in [1.54, 1.807) is 0 Å². The molecule has 82 heavy (non-hydrogen) atoms. The molecule has 0 aromatic carbocycles. The molecule has 6 heteroatoms. The van der Waals surface area contributed by atoms with Crippen LogP contribution in [0.1, 0.15) is 310 Å². The van der Waals surface area contributed by atoms with Gasteiger partial charge in [0.2, 0.25) is 0 Å². The Morgan fingerprint density at radius 3 is 0.768 bits per heavy atom. The van der Waals surface area contributed by atoms with Crippen molar-refractivity contribution in [1.82, 2.24) is 0 Å². The Morgan fingerprint density at radius 1 is 0.256 bits per heavy atom. The van der Waals surface area contributed by atoms with E-state index < -0.39 is 6.10 Å². The van der Waals surface area contributed by atoms with Gasteiger partial charge in [-0.05, 0) is 122 Å². The highest BCUT2D eigenvalue weighted by molar-refractivity contribution is 5.71. The van der Waals surface area contributed by atoms with Gasteiger partial charge in [0.1, 0.15) is 13.2 Å². The average molecular weight is 1140 g/mol. The average Bonchev–Trinajstić information content (AvgIpc) is 3.48. The van der Waals surface area contributed by atoms with Gasteiger partial charge in [-0.15, -0.1) is 0 Å². The third-order valence-electron chi connectivity index (χ3n) is 14.4. The van der Waals surface area contributed by atoms with Gasteiger partial charge in [-0.2, -0.15) is 0 Å². The lowest BCUT2D eigenvalue weighted by atomic mass is 10.0. The van der Waals surface area contributed by atoms with Gasteiger partial charge in [0.15, 0.2) is 6.10 Å². The zero-order chi connectivity index (χ0) is 59.2. The van der Waals surface area contributed by atoms with E-state index in [1.807, 2.05) is 0 Å². The van der Waals surface area contributed by atoms with Gasteiger partial charge in [-0.3, -0.25) is 14.4 Å². The maximum Gasteiger partial charge on any atom is 0.306 e. The lowest BCUT2D eigenvalue weighted by molar-refractivity contribution is -0.167. The van der Waals surface area contributed by atoms with Crippen molar-refractivity contribution in [2.75, 3.05) is 13.2 Å². The van der Waals surface area contributed by atoms with Crippen molar-refractivity contribution in [3.05, 3.63) is 134 Å². The molecule has 0 radical (unpaired) electrons. The smallest absolute Gasteiger partial charge is 0.306 e. The van der Waals surface area contributed by atoms with Crippen LogP contribution in [0.15, 0.2) is 134 Å². The number of unbranched alkanes of at least 4 members (excludes halogenated alkanes) is 28. The number of carbonyl (C=O) groups excluding carboxylic acids is 3. The van der Waals surface area contributed by atoms with Crippen LogP contribution in [0.5, 0.6) is 0 Å². The lowest BCUT2D eigenvalue weighted by Crippen LogP contribution is -2.30. The molecule has 0 spiro atoms. The van der Waals surface area contributed by atoms with Gasteiger partial charge in [0, 0.05) is 19.3 Å². The number of esters is 3. The number of ether oxygens (including phenoxy) is 3. The molecule has 0 heterocycles. The highest BCUT2D eigenvalue weighted by atomic mass is 16.6. The van der Waals surface area contributed by atoms with Crippen molar-refractivity contribution in [2.45, 2.75) is 316 Å². The van der Waals surface area contributed by atoms with E-state index in [2.05, 4.69) is 154 Å². The van der Waals surface area contributed by atoms with E-state index in [4.69, 9.17) is 14.2 Å². The number of hydrogen-bond donors (Lipinski definition) is 0. The van der Waals surface area contributed by atoms with Crippen molar-refractivity contribution in [3.63, 3.8) is 0 Å². The topological polar surface area (TPSA) is 78.9 Å². The second-order valence-electron chi connectivity index (χ2n) is 22.4. The third-order valence-corrected chi connectivity index (χ3v) is 14.4. The van der Waals surface area contributed by atoms with Crippen LogP contribution < -0.4 is 0 Å². The SMILES string of the molecule is CC/C=C\C/C=C\C/C=C\C/C=C\C/C=C\C/C=C\C/C=C\C/C=C\CCCCC(=O)OC(COC(=O)CCCCCCCCCC)COC(=O)CCCCCCCCCCCCCCCC/C=C\C/C=C\C/C=C\CCCCCCC. The monoisotopic (exact) mass is 1130 g/mol. The Hall–Kier alpha value is -4.45. The molecule has 0 saturated heterocycles. The minimum absolute atomic E-state index is 0.0972. The van der Waals surface area contributed by atoms with Crippen LogP contribution >= 0.6 is 0 Å². The first-order chi connectivity index (χ1) is 40.5. The van der Waals surface area contributed by atoms with Crippen molar-refractivity contribution < 1.29 is 28.6 Å². The van der Waals surface area contributed by atoms with E-state index in [9.17, 15) is 14.4 Å². The quantitative estimate of drug-likeness (QED) is 0.0261. The maximum atomic E-state index is 12.9. The molecule has 0 aliphatic rings. The van der Waals surface area contributed by atoms with E-state index in [1.165, 1.54) is 148 Å². The minimum atomic E-state index is -0.804. The summed E-state index contributed by atoms with van der Waals surface area (Å²) in [6, 6.07) is 0. The molecule has 466 valence electrons. The molecular formula is C76H126O6. The highest BCUT2D eigenvalue weighted by Gasteiger charge is 2.19. The Morgan fingerprint density at radius 2 is 0.476 bits per heavy atom. The predicted molar refractivity (Wildman–Crippen MR) is 357 cm³/mol. The fourth-order valence-corrected chi connectivity index (χ4v) is 9.29. The van der Waals surface area contributed by atoms with Crippen molar-refractivity contribution in [2.24, 2.45) is 0 Å². The summed E-state index contributed by atoms with van der Waals surface area (Å²) in [6.07, 6.45) is 97.8. The van der Waals surface area contributed by atoms with Gasteiger partial charge in [0.25, 0.3) is 0 Å². The first-order valence-electron chi connectivity index (χ1n) is 34.2. The third kappa shape index (κ3) is 66.4. The molecule has 0 aliphatic heterocycles. The molecule has 0 rings (SSSR count). The Bertz CT molecular complexity index is 1730. The molecule has 1 unspecified atom stereocenters. The summed E-state index contributed by atoms with van der Waals surface area (Å²) in [5.74, 6) is -0.942. The summed E-state index contributed by atoms with van der Waals surface area (Å²) in [6.45, 7) is 6.46. The van der Waals surface area contributed by atoms with Crippen LogP contribution in [0.2, 0.25) is 0 Å². The number of hydrogen-bond acceptors (Lipinski definition) is 6. The van der Waals surface area contributed by atoms with Crippen LogP contribution in [0, 0.1) is 0 Å². The van der Waals surface area contributed by atoms with Gasteiger partial charge in [0.05, 0.1) is 0 Å². The zero-order valence-corrected chi connectivity index (χ0v) is 53.5. The summed E-state index contributed by atoms with van der Waals surface area (Å²) in [4.78, 5) is 38.2. The summed E-state index contributed by atoms with van der Waals surface area (Å²) in [7, 11) is 0. The highest BCUT2D eigenvalue weighted by Crippen LogP contribution is 2.16. The van der Waals surface area contributed by atoms with Crippen LogP contribution in [0.4, 0.5) is 0 Å². The second kappa shape index (κ2) is 69.0. The van der Waals surface area contributed by atoms with Gasteiger partial charge in [-0.25, -0.2) is 0 Å². The molecule has 0 N–H and O–H groups in total. The first-order valence-corrected chi connectivity index (χ1v) is 34.2. The Balaban J connectivity index is 4.24. The van der Waals surface area contributed by atoms with E-state index in [0.717, 1.165) is 116 Å². The molecular weight excluding hydrogens is 1010 g/mol. The van der Waals surface area contributed by atoms with Crippen LogP contribution in [0.25, 0.3) is 0 Å². The molecule has 6 nitrogen and oxygen atoms in total. The van der Waals surface area contributed by atoms with Crippen molar-refractivity contribution in [3.8, 4) is 0 Å². The summed E-state index contributed by atoms with van der Waals surface area (Å²) in [5, 5.41) is 0. The van der Waals surface area contributed by atoms with Crippen LogP contribution in [-0.2, 0) is 28.6 Å². The normalized spacial score (nSPS) is 13.0. The number of allylic oxidation sites excluding steroid dienone is 22. The van der Waals surface area contributed by atoms with E-state index in [0.29, 0.717) is 19.3 Å². The largest absolute Gasteiger partial charge is 0.462 e. The Labute approximate surface area is 506 Å².